The zero-order valence-electron chi connectivity index (χ0n) is 25.4. The van der Waals surface area contributed by atoms with Gasteiger partial charge in [0.15, 0.2) is 5.69 Å². The molecule has 5 heterocycles. The Bertz CT molecular complexity index is 1500. The lowest BCUT2D eigenvalue weighted by Gasteiger charge is -2.42. The molecular formula is C32H40N8O3. The highest BCUT2D eigenvalue weighted by atomic mass is 16.5. The van der Waals surface area contributed by atoms with Crippen LogP contribution in [0.25, 0.3) is 0 Å². The maximum absolute atomic E-state index is 13.5. The summed E-state index contributed by atoms with van der Waals surface area (Å²) >= 11 is 0. The standard InChI is InChI=1S/C32H40N8O3/c1-5-43-28-19-22(31(41)40-13-10-23(11-14-40)39-17-15-36(2)16-18-39)8-9-24(28)35-29-20-26-27(21-34-29)38(4)32(42)30-25(37(26)3)7-6-12-33-30/h6-9,12,19-21,23H,5,10-11,13-18H2,1-4H3,(H,34,35). The molecule has 1 N–H and O–H groups in total. The van der Waals surface area contributed by atoms with Crippen molar-refractivity contribution in [2.75, 3.05) is 82.1 Å². The number of hydrogen-bond acceptors (Lipinski definition) is 9. The van der Waals surface area contributed by atoms with Crippen LogP contribution >= 0.6 is 0 Å². The third-order valence-electron chi connectivity index (χ3n) is 8.84. The van der Waals surface area contributed by atoms with Gasteiger partial charge in [-0.1, -0.05) is 0 Å². The number of fused-ring (bicyclic) bond motifs is 2. The predicted octanol–water partition coefficient (Wildman–Crippen LogP) is 3.83. The maximum atomic E-state index is 13.5. The second-order valence-corrected chi connectivity index (χ2v) is 11.5. The van der Waals surface area contributed by atoms with Crippen molar-refractivity contribution in [2.24, 2.45) is 0 Å². The summed E-state index contributed by atoms with van der Waals surface area (Å²) in [6.45, 7) is 8.35. The van der Waals surface area contributed by atoms with Crippen molar-refractivity contribution in [3.8, 4) is 5.75 Å². The van der Waals surface area contributed by atoms with E-state index in [1.807, 2.05) is 60.2 Å². The second-order valence-electron chi connectivity index (χ2n) is 11.5. The molecule has 6 rings (SSSR count). The van der Waals surface area contributed by atoms with Gasteiger partial charge in [0.25, 0.3) is 11.8 Å². The fourth-order valence-corrected chi connectivity index (χ4v) is 6.24. The Labute approximate surface area is 253 Å². The Morgan fingerprint density at radius 2 is 1.70 bits per heavy atom. The van der Waals surface area contributed by atoms with Gasteiger partial charge in [-0.25, -0.2) is 9.97 Å². The average molecular weight is 585 g/mol. The molecule has 3 aliphatic rings. The van der Waals surface area contributed by atoms with Crippen molar-refractivity contribution < 1.29 is 14.3 Å². The molecule has 11 heteroatoms. The van der Waals surface area contributed by atoms with Crippen molar-refractivity contribution in [3.63, 3.8) is 0 Å². The summed E-state index contributed by atoms with van der Waals surface area (Å²) in [6.07, 6.45) is 5.32. The molecule has 43 heavy (non-hydrogen) atoms. The molecule has 0 atom stereocenters. The number of piperazine rings is 1. The second kappa shape index (κ2) is 12.2. The van der Waals surface area contributed by atoms with E-state index in [0.29, 0.717) is 46.8 Å². The number of nitrogens with one attached hydrogen (secondary N) is 1. The van der Waals surface area contributed by atoms with Crippen LogP contribution in [0.5, 0.6) is 5.75 Å². The van der Waals surface area contributed by atoms with Crippen LogP contribution in [0.4, 0.5) is 28.6 Å². The number of benzene rings is 1. The van der Waals surface area contributed by atoms with E-state index < -0.39 is 0 Å². The smallest absolute Gasteiger partial charge is 0.278 e. The van der Waals surface area contributed by atoms with Crippen molar-refractivity contribution >= 4 is 40.4 Å². The fraction of sp³-hybridized carbons (Fsp3) is 0.438. The van der Waals surface area contributed by atoms with Gasteiger partial charge in [0.2, 0.25) is 0 Å². The summed E-state index contributed by atoms with van der Waals surface area (Å²) in [4.78, 5) is 46.0. The number of amides is 2. The van der Waals surface area contributed by atoms with Crippen LogP contribution in [0.2, 0.25) is 0 Å². The first-order valence-electron chi connectivity index (χ1n) is 15.1. The Balaban J connectivity index is 1.18. The van der Waals surface area contributed by atoms with Crippen molar-refractivity contribution in [2.45, 2.75) is 25.8 Å². The topological polar surface area (TPSA) is 97.4 Å². The van der Waals surface area contributed by atoms with E-state index in [-0.39, 0.29) is 11.8 Å². The van der Waals surface area contributed by atoms with Gasteiger partial charge in [0.05, 0.1) is 35.6 Å². The lowest BCUT2D eigenvalue weighted by atomic mass is 10.0. The summed E-state index contributed by atoms with van der Waals surface area (Å²) in [5.41, 5.74) is 3.93. The van der Waals surface area contributed by atoms with Crippen LogP contribution in [0, 0.1) is 0 Å². The first-order chi connectivity index (χ1) is 20.8. The fourth-order valence-electron chi connectivity index (χ4n) is 6.24. The number of aromatic nitrogens is 2. The molecule has 226 valence electrons. The van der Waals surface area contributed by atoms with Gasteiger partial charge < -0.3 is 29.7 Å². The Kier molecular flexibility index (Phi) is 8.18. The highest BCUT2D eigenvalue weighted by Crippen LogP contribution is 2.40. The normalized spacial score (nSPS) is 18.2. The number of pyridine rings is 2. The van der Waals surface area contributed by atoms with E-state index in [0.717, 1.165) is 63.5 Å². The number of nitrogens with zero attached hydrogens (tertiary/aromatic N) is 7. The summed E-state index contributed by atoms with van der Waals surface area (Å²) in [5, 5.41) is 3.37. The molecule has 2 amide bonds. The molecule has 0 bridgehead atoms. The minimum atomic E-state index is -0.189. The highest BCUT2D eigenvalue weighted by molar-refractivity contribution is 6.12. The summed E-state index contributed by atoms with van der Waals surface area (Å²) in [6, 6.07) is 11.7. The van der Waals surface area contributed by atoms with E-state index in [2.05, 4.69) is 32.1 Å². The summed E-state index contributed by atoms with van der Waals surface area (Å²) in [7, 11) is 5.82. The third-order valence-corrected chi connectivity index (χ3v) is 8.84. The first-order valence-corrected chi connectivity index (χ1v) is 15.1. The SMILES string of the molecule is CCOc1cc(C(=O)N2CCC(N3CCN(C)CC3)CC2)ccc1Nc1cc2c(cn1)N(C)C(=O)c1ncccc1N2C. The Hall–Kier alpha value is -4.22. The largest absolute Gasteiger partial charge is 0.492 e. The molecule has 0 spiro atoms. The minimum Gasteiger partial charge on any atom is -0.492 e. The van der Waals surface area contributed by atoms with Crippen LogP contribution in [-0.4, -0.2) is 110 Å². The molecule has 11 nitrogen and oxygen atoms in total. The number of piperidine rings is 1. The van der Waals surface area contributed by atoms with Crippen LogP contribution in [0.15, 0.2) is 48.8 Å². The Morgan fingerprint density at radius 3 is 2.44 bits per heavy atom. The van der Waals surface area contributed by atoms with E-state index in [4.69, 9.17) is 4.74 Å². The zero-order valence-corrected chi connectivity index (χ0v) is 25.4. The molecule has 2 aromatic heterocycles. The number of ether oxygens (including phenoxy) is 1. The molecule has 0 saturated carbocycles. The number of likely N-dealkylation sites (N-methyl/N-ethyl adjacent to an activating group) is 1. The van der Waals surface area contributed by atoms with Gasteiger partial charge in [-0.2, -0.15) is 0 Å². The molecular weight excluding hydrogens is 544 g/mol. The average Bonchev–Trinajstić information content (AvgIpc) is 3.11. The number of carbonyl (C=O) groups excluding carboxylic acids is 2. The molecule has 2 fully saturated rings. The van der Waals surface area contributed by atoms with Gasteiger partial charge in [-0.15, -0.1) is 0 Å². The molecule has 0 aliphatic carbocycles. The van der Waals surface area contributed by atoms with Crippen LogP contribution in [0.3, 0.4) is 0 Å². The van der Waals surface area contributed by atoms with Crippen LogP contribution in [-0.2, 0) is 0 Å². The molecule has 0 unspecified atom stereocenters. The number of hydrogen-bond donors (Lipinski definition) is 1. The van der Waals surface area contributed by atoms with E-state index in [9.17, 15) is 9.59 Å². The number of likely N-dealkylation sites (tertiary alicyclic amines) is 1. The van der Waals surface area contributed by atoms with Crippen molar-refractivity contribution in [3.05, 3.63) is 60.0 Å². The van der Waals surface area contributed by atoms with Crippen molar-refractivity contribution in [1.82, 2.24) is 24.7 Å². The number of rotatable bonds is 6. The molecule has 3 aliphatic heterocycles. The van der Waals surface area contributed by atoms with Crippen LogP contribution < -0.4 is 19.9 Å². The highest BCUT2D eigenvalue weighted by Gasteiger charge is 2.30. The lowest BCUT2D eigenvalue weighted by Crippen LogP contribution is -2.52. The predicted molar refractivity (Wildman–Crippen MR) is 168 cm³/mol. The monoisotopic (exact) mass is 584 g/mol. The zero-order chi connectivity index (χ0) is 30.1. The third kappa shape index (κ3) is 5.74. The van der Waals surface area contributed by atoms with Gasteiger partial charge in [-0.05, 0) is 57.1 Å². The van der Waals surface area contributed by atoms with E-state index in [1.165, 1.54) is 0 Å². The Morgan fingerprint density at radius 1 is 0.930 bits per heavy atom. The minimum absolute atomic E-state index is 0.0362. The molecule has 1 aromatic carbocycles. The van der Waals surface area contributed by atoms with Crippen LogP contribution in [0.1, 0.15) is 40.6 Å². The summed E-state index contributed by atoms with van der Waals surface area (Å²) < 4.78 is 5.98. The lowest BCUT2D eigenvalue weighted by molar-refractivity contribution is 0.0518. The van der Waals surface area contributed by atoms with Gasteiger partial charge >= 0.3 is 0 Å². The van der Waals surface area contributed by atoms with E-state index >= 15 is 0 Å². The number of carbonyl (C=O) groups is 2. The van der Waals surface area contributed by atoms with E-state index in [1.54, 1.807) is 24.3 Å². The summed E-state index contributed by atoms with van der Waals surface area (Å²) in [5.74, 6) is 1.03. The molecule has 2 saturated heterocycles. The quantitative estimate of drug-likeness (QED) is 0.464. The maximum Gasteiger partial charge on any atom is 0.278 e. The van der Waals surface area contributed by atoms with Gasteiger partial charge in [0.1, 0.15) is 11.6 Å². The first kappa shape index (κ1) is 28.9. The van der Waals surface area contributed by atoms with Gasteiger partial charge in [0, 0.05) is 77.2 Å². The number of anilines is 5. The molecule has 3 aromatic rings. The van der Waals surface area contributed by atoms with Crippen molar-refractivity contribution in [1.29, 1.82) is 0 Å². The van der Waals surface area contributed by atoms with Gasteiger partial charge in [-0.3, -0.25) is 14.5 Å². The molecule has 0 radical (unpaired) electrons.